The van der Waals surface area contributed by atoms with Gasteiger partial charge in [-0.2, -0.15) is 18.3 Å². The first-order chi connectivity index (χ1) is 12.2. The van der Waals surface area contributed by atoms with E-state index in [0.717, 1.165) is 22.2 Å². The Bertz CT molecular complexity index is 821. The van der Waals surface area contributed by atoms with Crippen LogP contribution in [0.2, 0.25) is 0 Å². The van der Waals surface area contributed by atoms with E-state index in [0.29, 0.717) is 0 Å². The van der Waals surface area contributed by atoms with E-state index < -0.39 is 30.0 Å². The standard InChI is InChI=1S/C17H13BrF3N3O2/c18-13-6-4-11(5-7-13)10-22-24-16(26)9-15(25)23-14-3-1-2-12(8-14)17(19,20)21/h1-8,10H,9H2,(H,23,25)(H,24,26). The summed E-state index contributed by atoms with van der Waals surface area (Å²) >= 11 is 3.29. The third-order valence-electron chi connectivity index (χ3n) is 3.07. The fourth-order valence-corrected chi connectivity index (χ4v) is 2.16. The van der Waals surface area contributed by atoms with E-state index >= 15 is 0 Å². The van der Waals surface area contributed by atoms with Crippen molar-refractivity contribution in [1.29, 1.82) is 0 Å². The number of halogens is 4. The first-order valence-corrected chi connectivity index (χ1v) is 8.08. The van der Waals surface area contributed by atoms with Gasteiger partial charge in [-0.25, -0.2) is 5.43 Å². The molecule has 0 saturated carbocycles. The Morgan fingerprint density at radius 2 is 1.77 bits per heavy atom. The molecule has 0 atom stereocenters. The van der Waals surface area contributed by atoms with Gasteiger partial charge >= 0.3 is 6.18 Å². The van der Waals surface area contributed by atoms with Crippen LogP contribution in [0.5, 0.6) is 0 Å². The Morgan fingerprint density at radius 3 is 2.42 bits per heavy atom. The van der Waals surface area contributed by atoms with Crippen molar-refractivity contribution in [3.63, 3.8) is 0 Å². The van der Waals surface area contributed by atoms with Crippen LogP contribution in [-0.2, 0) is 15.8 Å². The molecular weight excluding hydrogens is 415 g/mol. The van der Waals surface area contributed by atoms with Crippen LogP contribution < -0.4 is 10.7 Å². The van der Waals surface area contributed by atoms with Crippen molar-refractivity contribution in [3.05, 3.63) is 64.1 Å². The molecule has 5 nitrogen and oxygen atoms in total. The van der Waals surface area contributed by atoms with Gasteiger partial charge in [0.05, 0.1) is 11.8 Å². The Hall–Kier alpha value is -2.68. The summed E-state index contributed by atoms with van der Waals surface area (Å²) in [5.74, 6) is -1.44. The van der Waals surface area contributed by atoms with Crippen molar-refractivity contribution in [3.8, 4) is 0 Å². The van der Waals surface area contributed by atoms with Gasteiger partial charge < -0.3 is 5.32 Å². The van der Waals surface area contributed by atoms with Crippen molar-refractivity contribution in [2.45, 2.75) is 12.6 Å². The number of anilines is 1. The maximum atomic E-state index is 12.6. The van der Waals surface area contributed by atoms with Crippen LogP contribution in [0.3, 0.4) is 0 Å². The van der Waals surface area contributed by atoms with E-state index in [-0.39, 0.29) is 5.69 Å². The second-order valence-corrected chi connectivity index (χ2v) is 6.06. The number of hydrogen-bond donors (Lipinski definition) is 2. The molecule has 0 bridgehead atoms. The average molecular weight is 428 g/mol. The quantitative estimate of drug-likeness (QED) is 0.430. The molecule has 0 saturated heterocycles. The van der Waals surface area contributed by atoms with Crippen LogP contribution in [0.25, 0.3) is 0 Å². The monoisotopic (exact) mass is 427 g/mol. The second kappa shape index (κ2) is 8.61. The summed E-state index contributed by atoms with van der Waals surface area (Å²) in [6.07, 6.45) is -3.69. The minimum Gasteiger partial charge on any atom is -0.326 e. The first kappa shape index (κ1) is 19.6. The van der Waals surface area contributed by atoms with Gasteiger partial charge in [-0.1, -0.05) is 34.1 Å². The predicted molar refractivity (Wildman–Crippen MR) is 94.6 cm³/mol. The lowest BCUT2D eigenvalue weighted by Gasteiger charge is -2.09. The maximum absolute atomic E-state index is 12.6. The number of rotatable bonds is 5. The van der Waals surface area contributed by atoms with Gasteiger partial charge in [-0.3, -0.25) is 9.59 Å². The van der Waals surface area contributed by atoms with E-state index in [1.165, 1.54) is 18.3 Å². The Morgan fingerprint density at radius 1 is 1.08 bits per heavy atom. The second-order valence-electron chi connectivity index (χ2n) is 5.15. The Kier molecular flexibility index (Phi) is 6.51. The molecule has 9 heteroatoms. The normalized spacial score (nSPS) is 11.4. The minimum atomic E-state index is -4.51. The highest BCUT2D eigenvalue weighted by Crippen LogP contribution is 2.30. The number of alkyl halides is 3. The largest absolute Gasteiger partial charge is 0.416 e. The zero-order valence-corrected chi connectivity index (χ0v) is 14.8. The van der Waals surface area contributed by atoms with Crippen LogP contribution in [0, 0.1) is 0 Å². The number of carbonyl (C=O) groups is 2. The molecule has 0 aliphatic rings. The summed E-state index contributed by atoms with van der Waals surface area (Å²) in [5, 5.41) is 5.95. The van der Waals surface area contributed by atoms with E-state index in [1.807, 2.05) is 0 Å². The van der Waals surface area contributed by atoms with Crippen molar-refractivity contribution < 1.29 is 22.8 Å². The number of benzene rings is 2. The molecule has 2 aromatic carbocycles. The van der Waals surface area contributed by atoms with E-state index in [4.69, 9.17) is 0 Å². The fraction of sp³-hybridized carbons (Fsp3) is 0.118. The Balaban J connectivity index is 1.85. The van der Waals surface area contributed by atoms with Crippen molar-refractivity contribution in [2.75, 3.05) is 5.32 Å². The van der Waals surface area contributed by atoms with Gasteiger partial charge in [0.25, 0.3) is 0 Å². The molecule has 0 aliphatic heterocycles. The lowest BCUT2D eigenvalue weighted by molar-refractivity contribution is -0.137. The van der Waals surface area contributed by atoms with Crippen LogP contribution in [0.4, 0.5) is 18.9 Å². The zero-order valence-electron chi connectivity index (χ0n) is 13.2. The van der Waals surface area contributed by atoms with Crippen molar-refractivity contribution in [2.24, 2.45) is 5.10 Å². The molecular formula is C17H13BrF3N3O2. The van der Waals surface area contributed by atoms with Crippen LogP contribution >= 0.6 is 15.9 Å². The van der Waals surface area contributed by atoms with E-state index in [2.05, 4.69) is 31.8 Å². The SMILES string of the molecule is O=C(CC(=O)Nc1cccc(C(F)(F)F)c1)NN=Cc1ccc(Br)cc1. The lowest BCUT2D eigenvalue weighted by Crippen LogP contribution is -2.24. The van der Waals surface area contributed by atoms with Crippen LogP contribution in [0.15, 0.2) is 58.1 Å². The maximum Gasteiger partial charge on any atom is 0.416 e. The number of hydrogen-bond acceptors (Lipinski definition) is 3. The lowest BCUT2D eigenvalue weighted by atomic mass is 10.2. The van der Waals surface area contributed by atoms with E-state index in [9.17, 15) is 22.8 Å². The summed E-state index contributed by atoms with van der Waals surface area (Å²) in [7, 11) is 0. The Labute approximate surface area is 155 Å². The molecule has 0 aliphatic carbocycles. The number of hydrazone groups is 1. The summed E-state index contributed by atoms with van der Waals surface area (Å²) in [4.78, 5) is 23.4. The molecule has 0 radical (unpaired) electrons. The highest BCUT2D eigenvalue weighted by atomic mass is 79.9. The molecule has 2 rings (SSSR count). The molecule has 0 fully saturated rings. The molecule has 0 heterocycles. The van der Waals surface area contributed by atoms with Gasteiger partial charge in [0, 0.05) is 10.2 Å². The summed E-state index contributed by atoms with van der Waals surface area (Å²) in [6, 6.07) is 11.3. The number of amides is 2. The summed E-state index contributed by atoms with van der Waals surface area (Å²) in [5.41, 5.74) is 1.98. The smallest absolute Gasteiger partial charge is 0.326 e. The molecule has 2 aromatic rings. The summed E-state index contributed by atoms with van der Waals surface area (Å²) < 4.78 is 38.8. The number of carbonyl (C=O) groups excluding carboxylic acids is 2. The molecule has 0 unspecified atom stereocenters. The summed E-state index contributed by atoms with van der Waals surface area (Å²) in [6.45, 7) is 0. The highest BCUT2D eigenvalue weighted by Gasteiger charge is 2.30. The van der Waals surface area contributed by atoms with Gasteiger partial charge in [0.15, 0.2) is 0 Å². The molecule has 0 spiro atoms. The third-order valence-corrected chi connectivity index (χ3v) is 3.60. The molecule has 26 heavy (non-hydrogen) atoms. The van der Waals surface area contributed by atoms with Crippen molar-refractivity contribution >= 4 is 39.6 Å². The van der Waals surface area contributed by atoms with Crippen molar-refractivity contribution in [1.82, 2.24) is 5.43 Å². The van der Waals surface area contributed by atoms with Gasteiger partial charge in [0.1, 0.15) is 6.42 Å². The predicted octanol–water partition coefficient (Wildman–Crippen LogP) is 3.95. The zero-order chi connectivity index (χ0) is 19.2. The van der Waals surface area contributed by atoms with Gasteiger partial charge in [-0.15, -0.1) is 0 Å². The first-order valence-electron chi connectivity index (χ1n) is 7.28. The minimum absolute atomic E-state index is 0.0454. The highest BCUT2D eigenvalue weighted by molar-refractivity contribution is 9.10. The van der Waals surface area contributed by atoms with E-state index in [1.54, 1.807) is 24.3 Å². The number of nitrogens with zero attached hydrogens (tertiary/aromatic N) is 1. The molecule has 136 valence electrons. The molecule has 2 N–H and O–H groups in total. The molecule has 0 aromatic heterocycles. The van der Waals surface area contributed by atoms with Crippen LogP contribution in [-0.4, -0.2) is 18.0 Å². The average Bonchev–Trinajstić information content (AvgIpc) is 2.56. The fourth-order valence-electron chi connectivity index (χ4n) is 1.89. The van der Waals surface area contributed by atoms with Gasteiger partial charge in [0.2, 0.25) is 11.8 Å². The molecule has 2 amide bonds. The topological polar surface area (TPSA) is 70.6 Å². The van der Waals surface area contributed by atoms with Crippen LogP contribution in [0.1, 0.15) is 17.5 Å². The van der Waals surface area contributed by atoms with Gasteiger partial charge in [-0.05, 0) is 35.9 Å². The third kappa shape index (κ3) is 6.32. The number of nitrogens with one attached hydrogen (secondary N) is 2.